The van der Waals surface area contributed by atoms with Crippen molar-refractivity contribution in [3.8, 4) is 0 Å². The van der Waals surface area contributed by atoms with E-state index in [0.717, 1.165) is 45.3 Å². The van der Waals surface area contributed by atoms with Crippen LogP contribution in [0.2, 0.25) is 0 Å². The lowest BCUT2D eigenvalue weighted by Crippen LogP contribution is -2.45. The third-order valence-electron chi connectivity index (χ3n) is 6.49. The molecule has 1 fully saturated rings. The molecule has 170 valence electrons. The third kappa shape index (κ3) is 8.24. The number of unbranched alkanes of at least 4 members (excludes halogenated alkanes) is 2. The summed E-state index contributed by atoms with van der Waals surface area (Å²) >= 11 is 0. The van der Waals surface area contributed by atoms with E-state index in [0.29, 0.717) is 6.42 Å². The first-order chi connectivity index (χ1) is 15.1. The zero-order chi connectivity index (χ0) is 21.9. The topological polar surface area (TPSA) is 47.0 Å². The Balaban J connectivity index is 1.49. The quantitative estimate of drug-likeness (QED) is 0.492. The summed E-state index contributed by atoms with van der Waals surface area (Å²) < 4.78 is 0. The Morgan fingerprint density at radius 2 is 1.65 bits per heavy atom. The van der Waals surface area contributed by atoms with E-state index in [2.05, 4.69) is 64.2 Å². The van der Waals surface area contributed by atoms with Crippen LogP contribution in [0.3, 0.4) is 0 Å². The van der Waals surface area contributed by atoms with Gasteiger partial charge in [0.1, 0.15) is 0 Å². The number of fused-ring (bicyclic) bond motifs is 1. The van der Waals surface area contributed by atoms with Gasteiger partial charge in [-0.2, -0.15) is 0 Å². The highest BCUT2D eigenvalue weighted by molar-refractivity contribution is 5.85. The fraction of sp³-hybridized carbons (Fsp3) is 0.577. The first-order valence-corrected chi connectivity index (χ1v) is 11.9. The maximum Gasteiger partial charge on any atom is 0.303 e. The zero-order valence-electron chi connectivity index (χ0n) is 19.1. The summed E-state index contributed by atoms with van der Waals surface area (Å²) in [5.41, 5.74) is 1.42. The van der Waals surface area contributed by atoms with Crippen LogP contribution in [0.4, 0.5) is 0 Å². The minimum atomic E-state index is -0.681. The average Bonchev–Trinajstić information content (AvgIpc) is 2.78. The number of hydrogen-bond acceptors (Lipinski definition) is 4. The molecule has 1 aliphatic heterocycles. The predicted molar refractivity (Wildman–Crippen MR) is 129 cm³/mol. The van der Waals surface area contributed by atoms with E-state index in [1.165, 1.54) is 55.5 Å². The van der Waals surface area contributed by atoms with Crippen LogP contribution < -0.4 is 0 Å². The molecule has 1 saturated heterocycles. The van der Waals surface area contributed by atoms with E-state index in [9.17, 15) is 4.79 Å². The van der Waals surface area contributed by atoms with E-state index in [-0.39, 0.29) is 0 Å². The van der Waals surface area contributed by atoms with Crippen molar-refractivity contribution in [2.24, 2.45) is 0 Å². The fourth-order valence-corrected chi connectivity index (χ4v) is 4.50. The van der Waals surface area contributed by atoms with Gasteiger partial charge in [0.05, 0.1) is 0 Å². The highest BCUT2D eigenvalue weighted by Crippen LogP contribution is 2.19. The van der Waals surface area contributed by atoms with Crippen molar-refractivity contribution in [2.75, 3.05) is 59.4 Å². The Bertz CT molecular complexity index is 797. The molecule has 5 heteroatoms. The molecule has 1 N–H and O–H groups in total. The number of carboxylic acids is 1. The summed E-state index contributed by atoms with van der Waals surface area (Å²) in [4.78, 5) is 18.4. The van der Waals surface area contributed by atoms with Crippen LogP contribution in [0.25, 0.3) is 10.8 Å². The van der Waals surface area contributed by atoms with Crippen LogP contribution in [0.15, 0.2) is 42.5 Å². The van der Waals surface area contributed by atoms with Gasteiger partial charge in [-0.25, -0.2) is 0 Å². The van der Waals surface area contributed by atoms with Crippen molar-refractivity contribution >= 4 is 16.7 Å². The van der Waals surface area contributed by atoms with Crippen molar-refractivity contribution in [3.05, 3.63) is 48.0 Å². The van der Waals surface area contributed by atoms with Crippen LogP contribution >= 0.6 is 0 Å². The van der Waals surface area contributed by atoms with Crippen molar-refractivity contribution in [2.45, 2.75) is 38.5 Å². The molecule has 1 heterocycles. The molecule has 1 aliphatic rings. The van der Waals surface area contributed by atoms with Gasteiger partial charge >= 0.3 is 5.97 Å². The summed E-state index contributed by atoms with van der Waals surface area (Å²) in [7, 11) is 2.21. The number of nitrogens with zero attached hydrogens (tertiary/aromatic N) is 3. The van der Waals surface area contributed by atoms with Gasteiger partial charge in [0, 0.05) is 39.1 Å². The van der Waals surface area contributed by atoms with Crippen LogP contribution in [-0.4, -0.2) is 85.2 Å². The minimum Gasteiger partial charge on any atom is -0.481 e. The zero-order valence-corrected chi connectivity index (χ0v) is 19.1. The molecule has 0 unspecified atom stereocenters. The molecular weight excluding hydrogens is 386 g/mol. The van der Waals surface area contributed by atoms with Crippen molar-refractivity contribution in [1.82, 2.24) is 14.7 Å². The van der Waals surface area contributed by atoms with Crippen LogP contribution in [0.5, 0.6) is 0 Å². The molecule has 0 spiro atoms. The number of carboxylic acid groups (broad SMARTS) is 1. The third-order valence-corrected chi connectivity index (χ3v) is 6.49. The Morgan fingerprint density at radius 3 is 2.45 bits per heavy atom. The monoisotopic (exact) mass is 425 g/mol. The normalized spacial score (nSPS) is 15.7. The van der Waals surface area contributed by atoms with Gasteiger partial charge in [-0.05, 0) is 68.7 Å². The van der Waals surface area contributed by atoms with E-state index in [4.69, 9.17) is 5.11 Å². The molecule has 31 heavy (non-hydrogen) atoms. The van der Waals surface area contributed by atoms with Gasteiger partial charge in [-0.1, -0.05) is 48.9 Å². The molecule has 0 amide bonds. The molecule has 2 aromatic rings. The van der Waals surface area contributed by atoms with Crippen molar-refractivity contribution < 1.29 is 9.90 Å². The highest BCUT2D eigenvalue weighted by Gasteiger charge is 2.14. The van der Waals surface area contributed by atoms with Crippen molar-refractivity contribution in [1.29, 1.82) is 0 Å². The minimum absolute atomic E-state index is 0.291. The summed E-state index contributed by atoms with van der Waals surface area (Å²) in [5, 5.41) is 11.5. The Morgan fingerprint density at radius 1 is 0.903 bits per heavy atom. The van der Waals surface area contributed by atoms with E-state index < -0.39 is 5.97 Å². The molecule has 0 radical (unpaired) electrons. The molecule has 0 aromatic heterocycles. The Hall–Kier alpha value is -1.95. The lowest BCUT2D eigenvalue weighted by Gasteiger charge is -2.33. The lowest BCUT2D eigenvalue weighted by atomic mass is 10.0. The van der Waals surface area contributed by atoms with Crippen LogP contribution in [0.1, 0.15) is 37.7 Å². The maximum absolute atomic E-state index is 10.8. The number of benzene rings is 2. The molecule has 0 bridgehead atoms. The first kappa shape index (κ1) is 23.7. The number of rotatable bonds is 13. The number of carbonyl (C=O) groups is 1. The van der Waals surface area contributed by atoms with E-state index >= 15 is 0 Å². The second-order valence-electron chi connectivity index (χ2n) is 8.93. The number of piperazine rings is 1. The second-order valence-corrected chi connectivity index (χ2v) is 8.93. The van der Waals surface area contributed by atoms with Gasteiger partial charge in [0.15, 0.2) is 0 Å². The SMILES string of the molecule is CN1CCN(CCCN(CCCCCC(=O)O)CCc2cccc3ccccc23)CC1. The van der Waals surface area contributed by atoms with Gasteiger partial charge in [-0.15, -0.1) is 0 Å². The average molecular weight is 426 g/mol. The molecule has 0 aliphatic carbocycles. The maximum atomic E-state index is 10.8. The van der Waals surface area contributed by atoms with Crippen LogP contribution in [0, 0.1) is 0 Å². The summed E-state index contributed by atoms with van der Waals surface area (Å²) in [6, 6.07) is 15.3. The van der Waals surface area contributed by atoms with E-state index in [1.807, 2.05) is 0 Å². The van der Waals surface area contributed by atoms with Gasteiger partial charge in [0.25, 0.3) is 0 Å². The molecule has 2 aromatic carbocycles. The molecule has 0 saturated carbocycles. The highest BCUT2D eigenvalue weighted by atomic mass is 16.4. The number of hydrogen-bond donors (Lipinski definition) is 1. The smallest absolute Gasteiger partial charge is 0.303 e. The van der Waals surface area contributed by atoms with Gasteiger partial charge in [0.2, 0.25) is 0 Å². The predicted octanol–water partition coefficient (Wildman–Crippen LogP) is 3.97. The van der Waals surface area contributed by atoms with E-state index in [1.54, 1.807) is 0 Å². The lowest BCUT2D eigenvalue weighted by molar-refractivity contribution is -0.137. The Kier molecular flexibility index (Phi) is 9.79. The van der Waals surface area contributed by atoms with Crippen molar-refractivity contribution in [3.63, 3.8) is 0 Å². The Labute approximate surface area is 187 Å². The molecule has 5 nitrogen and oxygen atoms in total. The van der Waals surface area contributed by atoms with Gasteiger partial charge in [-0.3, -0.25) is 4.79 Å². The second kappa shape index (κ2) is 12.8. The standard InChI is InChI=1S/C26H39N3O2/c1-27-19-21-29(22-20-27)17-8-16-28(15-6-2-3-13-26(30)31)18-14-24-11-7-10-23-9-4-5-12-25(23)24/h4-5,7,9-12H,2-3,6,8,13-22H2,1H3,(H,30,31). The fourth-order valence-electron chi connectivity index (χ4n) is 4.50. The number of aliphatic carboxylic acids is 1. The summed E-state index contributed by atoms with van der Waals surface area (Å²) in [6.45, 7) is 9.14. The summed E-state index contributed by atoms with van der Waals surface area (Å²) in [5.74, 6) is -0.681. The largest absolute Gasteiger partial charge is 0.481 e. The molecular formula is C26H39N3O2. The molecule has 3 rings (SSSR count). The van der Waals surface area contributed by atoms with Gasteiger partial charge < -0.3 is 19.8 Å². The first-order valence-electron chi connectivity index (χ1n) is 11.9. The number of likely N-dealkylation sites (N-methyl/N-ethyl adjacent to an activating group) is 1. The molecule has 0 atom stereocenters. The summed E-state index contributed by atoms with van der Waals surface area (Å²) in [6.07, 6.45) is 5.42. The van der Waals surface area contributed by atoms with Crippen LogP contribution in [-0.2, 0) is 11.2 Å².